The topological polar surface area (TPSA) is 84.4 Å². The highest BCUT2D eigenvalue weighted by Crippen LogP contribution is 2.27. The molecule has 1 atom stereocenters. The Balaban J connectivity index is 1.39. The van der Waals surface area contributed by atoms with E-state index in [9.17, 15) is 9.59 Å². The second-order valence-corrected chi connectivity index (χ2v) is 6.98. The highest BCUT2D eigenvalue weighted by Gasteiger charge is 2.35. The minimum Gasteiger partial charge on any atom is -0.494 e. The highest BCUT2D eigenvalue weighted by atomic mass is 16.5. The van der Waals surface area contributed by atoms with E-state index >= 15 is 0 Å². The fraction of sp³-hybridized carbons (Fsp3) is 0.217. The van der Waals surface area contributed by atoms with Crippen molar-refractivity contribution in [1.29, 1.82) is 0 Å². The van der Waals surface area contributed by atoms with Crippen LogP contribution in [0, 0.1) is 5.92 Å². The zero-order valence-electron chi connectivity index (χ0n) is 16.6. The van der Waals surface area contributed by atoms with Gasteiger partial charge in [-0.25, -0.2) is 9.97 Å². The van der Waals surface area contributed by atoms with Crippen molar-refractivity contribution in [1.82, 2.24) is 9.97 Å². The molecular weight excluding hydrogens is 380 g/mol. The molecule has 0 bridgehead atoms. The molecule has 7 nitrogen and oxygen atoms in total. The average molecular weight is 402 g/mol. The van der Waals surface area contributed by atoms with Crippen molar-refractivity contribution in [2.24, 2.45) is 5.92 Å². The van der Waals surface area contributed by atoms with Crippen LogP contribution in [0.1, 0.15) is 13.3 Å². The van der Waals surface area contributed by atoms with Gasteiger partial charge in [0, 0.05) is 24.2 Å². The van der Waals surface area contributed by atoms with Gasteiger partial charge in [0.1, 0.15) is 5.75 Å². The molecule has 0 radical (unpaired) electrons. The standard InChI is InChI=1S/C23H22N4O3/c1-2-30-20-10-8-19(9-11-20)27-15-17(12-21(27)28)23(29)26-18-13-24-22(25-14-18)16-6-4-3-5-7-16/h3-11,13-14,17H,2,12,15H2,1H3,(H,26,29). The Morgan fingerprint density at radius 1 is 1.10 bits per heavy atom. The van der Waals surface area contributed by atoms with E-state index in [1.165, 1.54) is 0 Å². The lowest BCUT2D eigenvalue weighted by molar-refractivity contribution is -0.122. The van der Waals surface area contributed by atoms with E-state index in [-0.39, 0.29) is 18.2 Å². The molecule has 2 amide bonds. The van der Waals surface area contributed by atoms with Gasteiger partial charge in [-0.05, 0) is 31.2 Å². The number of hydrogen-bond acceptors (Lipinski definition) is 5. The normalized spacial score (nSPS) is 15.8. The van der Waals surface area contributed by atoms with E-state index in [4.69, 9.17) is 4.74 Å². The van der Waals surface area contributed by atoms with Crippen LogP contribution in [0.4, 0.5) is 11.4 Å². The number of anilines is 2. The number of rotatable bonds is 6. The summed E-state index contributed by atoms with van der Waals surface area (Å²) in [7, 11) is 0. The summed E-state index contributed by atoms with van der Waals surface area (Å²) < 4.78 is 5.43. The highest BCUT2D eigenvalue weighted by molar-refractivity contribution is 6.03. The van der Waals surface area contributed by atoms with Crippen LogP contribution in [0.2, 0.25) is 0 Å². The van der Waals surface area contributed by atoms with Crippen LogP contribution in [0.25, 0.3) is 11.4 Å². The third-order valence-corrected chi connectivity index (χ3v) is 4.91. The van der Waals surface area contributed by atoms with Crippen LogP contribution in [0.15, 0.2) is 67.0 Å². The van der Waals surface area contributed by atoms with E-state index in [1.54, 1.807) is 17.3 Å². The zero-order valence-corrected chi connectivity index (χ0v) is 16.6. The summed E-state index contributed by atoms with van der Waals surface area (Å²) in [5, 5.41) is 2.82. The maximum atomic E-state index is 12.7. The summed E-state index contributed by atoms with van der Waals surface area (Å²) in [4.78, 5) is 35.4. The van der Waals surface area contributed by atoms with Crippen molar-refractivity contribution in [3.8, 4) is 17.1 Å². The first-order valence-corrected chi connectivity index (χ1v) is 9.85. The Labute approximate surface area is 174 Å². The van der Waals surface area contributed by atoms with Gasteiger partial charge >= 0.3 is 0 Å². The van der Waals surface area contributed by atoms with Gasteiger partial charge in [0.25, 0.3) is 0 Å². The van der Waals surface area contributed by atoms with E-state index < -0.39 is 5.92 Å². The second kappa shape index (κ2) is 8.73. The van der Waals surface area contributed by atoms with Crippen molar-refractivity contribution in [2.75, 3.05) is 23.4 Å². The number of carbonyl (C=O) groups excluding carboxylic acids is 2. The first-order valence-electron chi connectivity index (χ1n) is 9.85. The predicted molar refractivity (Wildman–Crippen MR) is 114 cm³/mol. The lowest BCUT2D eigenvalue weighted by atomic mass is 10.1. The molecule has 4 rings (SSSR count). The molecule has 7 heteroatoms. The number of hydrogen-bond donors (Lipinski definition) is 1. The number of ether oxygens (including phenoxy) is 1. The Hall–Kier alpha value is -3.74. The second-order valence-electron chi connectivity index (χ2n) is 6.98. The molecule has 0 aliphatic carbocycles. The van der Waals surface area contributed by atoms with Crippen LogP contribution >= 0.6 is 0 Å². The molecular formula is C23H22N4O3. The van der Waals surface area contributed by atoms with Gasteiger partial charge in [-0.1, -0.05) is 30.3 Å². The van der Waals surface area contributed by atoms with Gasteiger partial charge in [-0.3, -0.25) is 9.59 Å². The number of carbonyl (C=O) groups is 2. The maximum absolute atomic E-state index is 12.7. The third kappa shape index (κ3) is 4.30. The molecule has 1 aliphatic heterocycles. The van der Waals surface area contributed by atoms with Crippen LogP contribution in [-0.4, -0.2) is 34.9 Å². The molecule has 30 heavy (non-hydrogen) atoms. The summed E-state index contributed by atoms with van der Waals surface area (Å²) in [6.45, 7) is 2.84. The zero-order chi connectivity index (χ0) is 20.9. The quantitative estimate of drug-likeness (QED) is 0.682. The fourth-order valence-corrected chi connectivity index (χ4v) is 3.39. The van der Waals surface area contributed by atoms with Crippen LogP contribution < -0.4 is 15.0 Å². The van der Waals surface area contributed by atoms with Crippen molar-refractivity contribution >= 4 is 23.2 Å². The minimum absolute atomic E-state index is 0.0741. The first kappa shape index (κ1) is 19.6. The molecule has 1 unspecified atom stereocenters. The van der Waals surface area contributed by atoms with Crippen molar-refractivity contribution in [2.45, 2.75) is 13.3 Å². The fourth-order valence-electron chi connectivity index (χ4n) is 3.39. The van der Waals surface area contributed by atoms with Gasteiger partial charge < -0.3 is 15.0 Å². The van der Waals surface area contributed by atoms with Crippen molar-refractivity contribution in [3.05, 3.63) is 67.0 Å². The molecule has 1 N–H and O–H groups in total. The van der Waals surface area contributed by atoms with Crippen LogP contribution in [-0.2, 0) is 9.59 Å². The number of benzene rings is 2. The minimum atomic E-state index is -0.433. The number of nitrogens with one attached hydrogen (secondary N) is 1. The summed E-state index contributed by atoms with van der Waals surface area (Å²) >= 11 is 0. The lowest BCUT2D eigenvalue weighted by Gasteiger charge is -2.17. The Kier molecular flexibility index (Phi) is 5.70. The summed E-state index contributed by atoms with van der Waals surface area (Å²) in [5.74, 6) is 0.619. The molecule has 0 saturated carbocycles. The third-order valence-electron chi connectivity index (χ3n) is 4.91. The Bertz CT molecular complexity index is 1020. The molecule has 1 aromatic heterocycles. The largest absolute Gasteiger partial charge is 0.494 e. The van der Waals surface area contributed by atoms with Gasteiger partial charge in [-0.15, -0.1) is 0 Å². The molecule has 2 aromatic carbocycles. The first-order chi connectivity index (χ1) is 14.6. The number of amides is 2. The van der Waals surface area contributed by atoms with E-state index in [1.807, 2.05) is 61.5 Å². The number of nitrogens with zero attached hydrogens (tertiary/aromatic N) is 3. The van der Waals surface area contributed by atoms with Crippen molar-refractivity contribution < 1.29 is 14.3 Å². The monoisotopic (exact) mass is 402 g/mol. The number of aromatic nitrogens is 2. The SMILES string of the molecule is CCOc1ccc(N2CC(C(=O)Nc3cnc(-c4ccccc4)nc3)CC2=O)cc1. The van der Waals surface area contributed by atoms with Gasteiger partial charge in [0.2, 0.25) is 11.8 Å². The Morgan fingerprint density at radius 2 is 1.80 bits per heavy atom. The average Bonchev–Trinajstić information content (AvgIpc) is 3.17. The molecule has 152 valence electrons. The Morgan fingerprint density at radius 3 is 2.47 bits per heavy atom. The smallest absolute Gasteiger partial charge is 0.229 e. The lowest BCUT2D eigenvalue weighted by Crippen LogP contribution is -2.28. The van der Waals surface area contributed by atoms with Crippen LogP contribution in [0.5, 0.6) is 5.75 Å². The summed E-state index contributed by atoms with van der Waals surface area (Å²) in [6.07, 6.45) is 3.32. The summed E-state index contributed by atoms with van der Waals surface area (Å²) in [5.41, 5.74) is 2.17. The molecule has 1 aliphatic rings. The van der Waals surface area contributed by atoms with E-state index in [2.05, 4.69) is 15.3 Å². The van der Waals surface area contributed by atoms with Gasteiger partial charge in [0.05, 0.1) is 30.6 Å². The van der Waals surface area contributed by atoms with E-state index in [0.29, 0.717) is 24.7 Å². The molecule has 3 aromatic rings. The predicted octanol–water partition coefficient (Wildman–Crippen LogP) is 3.53. The van der Waals surface area contributed by atoms with Crippen molar-refractivity contribution in [3.63, 3.8) is 0 Å². The van der Waals surface area contributed by atoms with Crippen LogP contribution in [0.3, 0.4) is 0 Å². The molecule has 2 heterocycles. The van der Waals surface area contributed by atoms with Gasteiger partial charge in [0.15, 0.2) is 5.82 Å². The maximum Gasteiger partial charge on any atom is 0.229 e. The molecule has 1 fully saturated rings. The molecule has 1 saturated heterocycles. The summed E-state index contributed by atoms with van der Waals surface area (Å²) in [6, 6.07) is 16.9. The molecule has 0 spiro atoms. The van der Waals surface area contributed by atoms with Gasteiger partial charge in [-0.2, -0.15) is 0 Å². The van der Waals surface area contributed by atoms with E-state index in [0.717, 1.165) is 17.0 Å².